The van der Waals surface area contributed by atoms with Crippen LogP contribution in [0.2, 0.25) is 0 Å². The number of carbonyl (C=O) groups is 2. The minimum Gasteiger partial charge on any atom is -0.394 e. The van der Waals surface area contributed by atoms with Gasteiger partial charge in [-0.15, -0.1) is 0 Å². The molecule has 166 valence electrons. The van der Waals surface area contributed by atoms with E-state index >= 15 is 0 Å². The van der Waals surface area contributed by atoms with Crippen LogP contribution in [-0.4, -0.2) is 41.1 Å². The Labute approximate surface area is 188 Å². The van der Waals surface area contributed by atoms with Crippen molar-refractivity contribution >= 4 is 28.4 Å². The summed E-state index contributed by atoms with van der Waals surface area (Å²) >= 11 is 0. The van der Waals surface area contributed by atoms with Crippen LogP contribution in [0.25, 0.3) is 10.8 Å². The number of likely N-dealkylation sites (tertiary alicyclic amines) is 1. The Morgan fingerprint density at radius 2 is 1.91 bits per heavy atom. The molecule has 3 aromatic rings. The van der Waals surface area contributed by atoms with Crippen molar-refractivity contribution in [3.8, 4) is 0 Å². The summed E-state index contributed by atoms with van der Waals surface area (Å²) < 4.78 is 0. The number of aliphatic hydroxyl groups excluding tert-OH is 1. The smallest absolute Gasteiger partial charge is 0.322 e. The number of benzene rings is 3. The summed E-state index contributed by atoms with van der Waals surface area (Å²) in [4.78, 5) is 27.4. The van der Waals surface area contributed by atoms with E-state index in [2.05, 4.69) is 28.8 Å². The van der Waals surface area contributed by atoms with Crippen LogP contribution in [0, 0.1) is 6.92 Å². The van der Waals surface area contributed by atoms with Gasteiger partial charge in [-0.25, -0.2) is 4.79 Å². The molecule has 6 heteroatoms. The van der Waals surface area contributed by atoms with E-state index in [0.717, 1.165) is 34.7 Å². The third-order valence-electron chi connectivity index (χ3n) is 6.22. The van der Waals surface area contributed by atoms with Gasteiger partial charge in [0.2, 0.25) is 0 Å². The highest BCUT2D eigenvalue weighted by Gasteiger charge is 2.28. The largest absolute Gasteiger partial charge is 0.394 e. The van der Waals surface area contributed by atoms with Gasteiger partial charge < -0.3 is 20.6 Å². The Balaban J connectivity index is 1.50. The molecule has 3 aromatic carbocycles. The monoisotopic (exact) mass is 431 g/mol. The molecular weight excluding hydrogens is 402 g/mol. The van der Waals surface area contributed by atoms with E-state index in [1.54, 1.807) is 17.0 Å². The molecule has 0 spiro atoms. The Bertz CT molecular complexity index is 1140. The zero-order valence-electron chi connectivity index (χ0n) is 18.5. The summed E-state index contributed by atoms with van der Waals surface area (Å²) in [5.41, 5.74) is 2.98. The summed E-state index contributed by atoms with van der Waals surface area (Å²) in [5.74, 6) is -0.187. The molecule has 1 heterocycles. The molecule has 1 fully saturated rings. The second-order valence-corrected chi connectivity index (χ2v) is 8.40. The summed E-state index contributed by atoms with van der Waals surface area (Å²) in [6, 6.07) is 19.0. The van der Waals surface area contributed by atoms with Gasteiger partial charge in [0.15, 0.2) is 0 Å². The molecular formula is C26H29N3O3. The van der Waals surface area contributed by atoms with Gasteiger partial charge in [0, 0.05) is 17.8 Å². The van der Waals surface area contributed by atoms with Crippen molar-refractivity contribution in [2.45, 2.75) is 38.8 Å². The number of hydrogen-bond acceptors (Lipinski definition) is 3. The molecule has 2 atom stereocenters. The first-order chi connectivity index (χ1) is 15.5. The number of anilines is 1. The zero-order chi connectivity index (χ0) is 22.7. The highest BCUT2D eigenvalue weighted by molar-refractivity contribution is 5.98. The van der Waals surface area contributed by atoms with Crippen LogP contribution in [0.15, 0.2) is 60.7 Å². The Kier molecular flexibility index (Phi) is 6.42. The molecule has 6 nitrogen and oxygen atoms in total. The predicted octanol–water partition coefficient (Wildman–Crippen LogP) is 4.63. The van der Waals surface area contributed by atoms with Crippen LogP contribution in [0.5, 0.6) is 0 Å². The highest BCUT2D eigenvalue weighted by atomic mass is 16.3. The van der Waals surface area contributed by atoms with E-state index < -0.39 is 0 Å². The van der Waals surface area contributed by atoms with Crippen molar-refractivity contribution in [1.82, 2.24) is 10.2 Å². The number of carbonyl (C=O) groups excluding carboxylic acids is 2. The molecule has 32 heavy (non-hydrogen) atoms. The van der Waals surface area contributed by atoms with E-state index in [1.807, 2.05) is 44.2 Å². The third kappa shape index (κ3) is 4.46. The number of fused-ring (bicyclic) bond motifs is 1. The van der Waals surface area contributed by atoms with Gasteiger partial charge in [-0.1, -0.05) is 48.5 Å². The van der Waals surface area contributed by atoms with Crippen molar-refractivity contribution in [2.24, 2.45) is 0 Å². The second kappa shape index (κ2) is 9.40. The number of aryl methyl sites for hydroxylation is 1. The molecule has 1 aliphatic heterocycles. The minimum atomic E-state index is -0.249. The number of aliphatic hydroxyl groups is 1. The van der Waals surface area contributed by atoms with Crippen LogP contribution in [-0.2, 0) is 0 Å². The molecule has 4 rings (SSSR count). The van der Waals surface area contributed by atoms with Crippen molar-refractivity contribution in [2.75, 3.05) is 18.5 Å². The maximum Gasteiger partial charge on any atom is 0.322 e. The van der Waals surface area contributed by atoms with E-state index in [0.29, 0.717) is 17.8 Å². The molecule has 0 aromatic heterocycles. The maximum atomic E-state index is 13.1. The van der Waals surface area contributed by atoms with Crippen LogP contribution in [0.3, 0.4) is 0 Å². The van der Waals surface area contributed by atoms with E-state index in [4.69, 9.17) is 0 Å². The fraction of sp³-hybridized carbons (Fsp3) is 0.308. The second-order valence-electron chi connectivity index (χ2n) is 8.40. The first-order valence-corrected chi connectivity index (χ1v) is 11.1. The number of nitrogens with one attached hydrogen (secondary N) is 2. The average molecular weight is 432 g/mol. The van der Waals surface area contributed by atoms with Gasteiger partial charge >= 0.3 is 6.03 Å². The van der Waals surface area contributed by atoms with Gasteiger partial charge in [0.1, 0.15) is 0 Å². The molecule has 1 saturated heterocycles. The Morgan fingerprint density at radius 1 is 1.12 bits per heavy atom. The molecule has 0 bridgehead atoms. The summed E-state index contributed by atoms with van der Waals surface area (Å²) in [6.45, 7) is 4.44. The fourth-order valence-corrected chi connectivity index (χ4v) is 4.41. The summed E-state index contributed by atoms with van der Waals surface area (Å²) in [5, 5.41) is 17.7. The lowest BCUT2D eigenvalue weighted by molar-refractivity contribution is 0.0939. The number of amides is 3. The standard InChI is InChI=1S/C26H29N3O3/c1-17-12-13-20(28-26(32)29-14-6-9-21(29)16-30)15-24(17)25(31)27-18(2)22-11-5-8-19-7-3-4-10-23(19)22/h3-5,7-8,10-13,15,18,21,30H,6,9,14,16H2,1-2H3,(H,27,31)(H,28,32)/t18-,21+/m1/s1. The van der Waals surface area contributed by atoms with Crippen molar-refractivity contribution in [3.05, 3.63) is 77.4 Å². The van der Waals surface area contributed by atoms with Crippen LogP contribution in [0.1, 0.15) is 47.3 Å². The lowest BCUT2D eigenvalue weighted by Crippen LogP contribution is -2.40. The van der Waals surface area contributed by atoms with Crippen LogP contribution in [0.4, 0.5) is 10.5 Å². The molecule has 0 aliphatic carbocycles. The first-order valence-electron chi connectivity index (χ1n) is 11.1. The van der Waals surface area contributed by atoms with Gasteiger partial charge in [0.25, 0.3) is 5.91 Å². The minimum absolute atomic E-state index is 0.0406. The van der Waals surface area contributed by atoms with E-state index in [-0.39, 0.29) is 30.6 Å². The quantitative estimate of drug-likeness (QED) is 0.551. The molecule has 0 radical (unpaired) electrons. The maximum absolute atomic E-state index is 13.1. The first kappa shape index (κ1) is 21.8. The van der Waals surface area contributed by atoms with Gasteiger partial charge in [0.05, 0.1) is 18.7 Å². The van der Waals surface area contributed by atoms with Gasteiger partial charge in [-0.2, -0.15) is 0 Å². The molecule has 1 aliphatic rings. The van der Waals surface area contributed by atoms with Gasteiger partial charge in [-0.3, -0.25) is 4.79 Å². The van der Waals surface area contributed by atoms with Crippen LogP contribution >= 0.6 is 0 Å². The average Bonchev–Trinajstić information content (AvgIpc) is 3.29. The number of hydrogen-bond donors (Lipinski definition) is 3. The molecule has 0 saturated carbocycles. The lowest BCUT2D eigenvalue weighted by Gasteiger charge is -2.23. The molecule has 3 N–H and O–H groups in total. The molecule has 0 unspecified atom stereocenters. The Morgan fingerprint density at radius 3 is 2.72 bits per heavy atom. The van der Waals surface area contributed by atoms with Gasteiger partial charge in [-0.05, 0) is 60.7 Å². The SMILES string of the molecule is Cc1ccc(NC(=O)N2CCC[C@H]2CO)cc1C(=O)N[C@H](C)c1cccc2ccccc12. The normalized spacial score (nSPS) is 16.7. The Hall–Kier alpha value is -3.38. The van der Waals surface area contributed by atoms with E-state index in [9.17, 15) is 14.7 Å². The fourth-order valence-electron chi connectivity index (χ4n) is 4.41. The van der Waals surface area contributed by atoms with Crippen molar-refractivity contribution in [3.63, 3.8) is 0 Å². The zero-order valence-corrected chi connectivity index (χ0v) is 18.5. The molecule has 3 amide bonds. The third-order valence-corrected chi connectivity index (χ3v) is 6.22. The highest BCUT2D eigenvalue weighted by Crippen LogP contribution is 2.25. The summed E-state index contributed by atoms with van der Waals surface area (Å²) in [6.07, 6.45) is 1.68. The van der Waals surface area contributed by atoms with Crippen molar-refractivity contribution < 1.29 is 14.7 Å². The lowest BCUT2D eigenvalue weighted by atomic mass is 9.99. The number of nitrogens with zero attached hydrogens (tertiary/aromatic N) is 1. The predicted molar refractivity (Wildman–Crippen MR) is 127 cm³/mol. The van der Waals surface area contributed by atoms with Crippen LogP contribution < -0.4 is 10.6 Å². The van der Waals surface area contributed by atoms with E-state index in [1.165, 1.54) is 0 Å². The number of urea groups is 1. The topological polar surface area (TPSA) is 81.7 Å². The van der Waals surface area contributed by atoms with Crippen molar-refractivity contribution in [1.29, 1.82) is 0 Å². The summed E-state index contributed by atoms with van der Waals surface area (Å²) in [7, 11) is 0. The number of rotatable bonds is 5.